The zero-order valence-corrected chi connectivity index (χ0v) is 7.08. The maximum absolute atomic E-state index is 11.2. The highest BCUT2D eigenvalue weighted by Crippen LogP contribution is 2.27. The van der Waals surface area contributed by atoms with E-state index in [4.69, 9.17) is 11.5 Å². The Labute approximate surface area is 75.9 Å². The van der Waals surface area contributed by atoms with Crippen molar-refractivity contribution in [2.75, 3.05) is 11.1 Å². The van der Waals surface area contributed by atoms with Crippen LogP contribution in [0.5, 0.6) is 0 Å². The van der Waals surface area contributed by atoms with Crippen LogP contribution in [0.15, 0.2) is 18.2 Å². The van der Waals surface area contributed by atoms with Gasteiger partial charge in [-0.05, 0) is 18.1 Å². The smallest absolute Gasteiger partial charge is 0.241 e. The fourth-order valence-corrected chi connectivity index (χ4v) is 1.49. The van der Waals surface area contributed by atoms with Crippen molar-refractivity contribution >= 4 is 17.3 Å². The highest BCUT2D eigenvalue weighted by Gasteiger charge is 2.23. The molecule has 0 saturated carbocycles. The molecule has 0 aliphatic carbocycles. The number of nitrogens with one attached hydrogen (secondary N) is 1. The van der Waals surface area contributed by atoms with Crippen molar-refractivity contribution in [2.45, 2.75) is 12.5 Å². The van der Waals surface area contributed by atoms with Gasteiger partial charge in [0.15, 0.2) is 0 Å². The molecule has 1 aromatic rings. The fourth-order valence-electron chi connectivity index (χ4n) is 1.49. The minimum Gasteiger partial charge on any atom is -0.397 e. The highest BCUT2D eigenvalue weighted by atomic mass is 16.2. The summed E-state index contributed by atoms with van der Waals surface area (Å²) in [6.07, 6.45) is 0.562. The molecular formula is C9H11N3O. The second-order valence-corrected chi connectivity index (χ2v) is 3.18. The van der Waals surface area contributed by atoms with Crippen molar-refractivity contribution in [3.63, 3.8) is 0 Å². The normalized spacial score (nSPS) is 20.7. The summed E-state index contributed by atoms with van der Waals surface area (Å²) >= 11 is 0. The Balaban J connectivity index is 2.48. The van der Waals surface area contributed by atoms with Gasteiger partial charge in [0.25, 0.3) is 0 Å². The van der Waals surface area contributed by atoms with E-state index >= 15 is 0 Å². The molecule has 0 aromatic heterocycles. The van der Waals surface area contributed by atoms with Gasteiger partial charge in [0.2, 0.25) is 5.91 Å². The Hall–Kier alpha value is -1.55. The average molecular weight is 177 g/mol. The number of fused-ring (bicyclic) bond motifs is 1. The maximum atomic E-state index is 11.2. The van der Waals surface area contributed by atoms with E-state index in [9.17, 15) is 4.79 Å². The van der Waals surface area contributed by atoms with Crippen LogP contribution in [-0.4, -0.2) is 11.9 Å². The Morgan fingerprint density at radius 1 is 1.46 bits per heavy atom. The largest absolute Gasteiger partial charge is 0.397 e. The zero-order chi connectivity index (χ0) is 9.42. The molecule has 1 amide bonds. The van der Waals surface area contributed by atoms with Crippen molar-refractivity contribution in [3.8, 4) is 0 Å². The van der Waals surface area contributed by atoms with Crippen molar-refractivity contribution in [2.24, 2.45) is 5.73 Å². The molecular weight excluding hydrogens is 166 g/mol. The summed E-state index contributed by atoms with van der Waals surface area (Å²) in [4.78, 5) is 11.2. The molecule has 1 aliphatic heterocycles. The molecule has 68 valence electrons. The van der Waals surface area contributed by atoms with E-state index in [0.29, 0.717) is 17.8 Å². The SMILES string of the molecule is Nc1cccc2c1NC(=O)C(N)C2. The monoisotopic (exact) mass is 177 g/mol. The number of para-hydroxylation sites is 1. The van der Waals surface area contributed by atoms with Gasteiger partial charge >= 0.3 is 0 Å². The molecule has 1 heterocycles. The third kappa shape index (κ3) is 1.25. The number of anilines is 2. The first kappa shape index (κ1) is 8.07. The third-order valence-electron chi connectivity index (χ3n) is 2.21. The molecule has 1 unspecified atom stereocenters. The summed E-state index contributed by atoms with van der Waals surface area (Å²) in [5.41, 5.74) is 13.6. The summed E-state index contributed by atoms with van der Waals surface area (Å²) in [6.45, 7) is 0. The highest BCUT2D eigenvalue weighted by molar-refractivity contribution is 6.00. The van der Waals surface area contributed by atoms with Crippen LogP contribution in [-0.2, 0) is 11.2 Å². The Kier molecular flexibility index (Phi) is 1.70. The number of nitrogens with two attached hydrogens (primary N) is 2. The second kappa shape index (κ2) is 2.74. The van der Waals surface area contributed by atoms with E-state index < -0.39 is 6.04 Å². The molecule has 5 N–H and O–H groups in total. The van der Waals surface area contributed by atoms with Gasteiger partial charge in [0, 0.05) is 0 Å². The lowest BCUT2D eigenvalue weighted by molar-refractivity contribution is -0.117. The van der Waals surface area contributed by atoms with E-state index in [1.165, 1.54) is 0 Å². The van der Waals surface area contributed by atoms with Crippen molar-refractivity contribution in [3.05, 3.63) is 23.8 Å². The number of carbonyl (C=O) groups is 1. The van der Waals surface area contributed by atoms with Crippen molar-refractivity contribution in [1.82, 2.24) is 0 Å². The molecule has 0 radical (unpaired) electrons. The van der Waals surface area contributed by atoms with Crippen molar-refractivity contribution < 1.29 is 4.79 Å². The van der Waals surface area contributed by atoms with Gasteiger partial charge in [-0.3, -0.25) is 4.79 Å². The quantitative estimate of drug-likeness (QED) is 0.491. The molecule has 0 fully saturated rings. The summed E-state index contributed by atoms with van der Waals surface area (Å²) < 4.78 is 0. The molecule has 2 rings (SSSR count). The standard InChI is InChI=1S/C9H11N3O/c10-6-3-1-2-5-4-7(11)9(13)12-8(5)6/h1-3,7H,4,10-11H2,(H,12,13). The summed E-state index contributed by atoms with van der Waals surface area (Å²) in [5, 5.41) is 2.69. The van der Waals surface area contributed by atoms with Gasteiger partial charge in [0.1, 0.15) is 0 Å². The van der Waals surface area contributed by atoms with Gasteiger partial charge < -0.3 is 16.8 Å². The molecule has 1 aliphatic rings. The van der Waals surface area contributed by atoms with Gasteiger partial charge in [-0.2, -0.15) is 0 Å². The average Bonchev–Trinajstić information content (AvgIpc) is 2.09. The molecule has 0 saturated heterocycles. The number of hydrogen-bond donors (Lipinski definition) is 3. The number of carbonyl (C=O) groups excluding carboxylic acids is 1. The van der Waals surface area contributed by atoms with Crippen LogP contribution >= 0.6 is 0 Å². The maximum Gasteiger partial charge on any atom is 0.241 e. The van der Waals surface area contributed by atoms with Gasteiger partial charge in [-0.15, -0.1) is 0 Å². The van der Waals surface area contributed by atoms with Crippen LogP contribution in [0.25, 0.3) is 0 Å². The fraction of sp³-hybridized carbons (Fsp3) is 0.222. The molecule has 4 nitrogen and oxygen atoms in total. The van der Waals surface area contributed by atoms with E-state index in [1.54, 1.807) is 6.07 Å². The number of rotatable bonds is 0. The number of benzene rings is 1. The topological polar surface area (TPSA) is 81.1 Å². The lowest BCUT2D eigenvalue weighted by Crippen LogP contribution is -2.41. The number of hydrogen-bond acceptors (Lipinski definition) is 3. The first-order valence-electron chi connectivity index (χ1n) is 4.12. The molecule has 0 spiro atoms. The Morgan fingerprint density at radius 3 is 3.00 bits per heavy atom. The lowest BCUT2D eigenvalue weighted by atomic mass is 9.99. The van der Waals surface area contributed by atoms with Crippen LogP contribution in [0.4, 0.5) is 11.4 Å². The van der Waals surface area contributed by atoms with E-state index in [1.807, 2.05) is 12.1 Å². The Bertz CT molecular complexity index is 362. The molecule has 4 heteroatoms. The van der Waals surface area contributed by atoms with Gasteiger partial charge in [0.05, 0.1) is 17.4 Å². The second-order valence-electron chi connectivity index (χ2n) is 3.18. The predicted octanol–water partition coefficient (Wildman–Crippen LogP) is 0.0907. The third-order valence-corrected chi connectivity index (χ3v) is 2.21. The summed E-state index contributed by atoms with van der Waals surface area (Å²) in [5.74, 6) is -0.162. The summed E-state index contributed by atoms with van der Waals surface area (Å²) in [7, 11) is 0. The van der Waals surface area contributed by atoms with Crippen LogP contribution in [0, 0.1) is 0 Å². The van der Waals surface area contributed by atoms with Crippen molar-refractivity contribution in [1.29, 1.82) is 0 Å². The lowest BCUT2D eigenvalue weighted by Gasteiger charge is -2.22. The minimum absolute atomic E-state index is 0.162. The Morgan fingerprint density at radius 2 is 2.23 bits per heavy atom. The van der Waals surface area contributed by atoms with Crippen LogP contribution in [0.2, 0.25) is 0 Å². The van der Waals surface area contributed by atoms with Gasteiger partial charge in [-0.1, -0.05) is 12.1 Å². The molecule has 0 bridgehead atoms. The first-order chi connectivity index (χ1) is 6.18. The van der Waals surface area contributed by atoms with E-state index in [-0.39, 0.29) is 5.91 Å². The number of nitrogen functional groups attached to an aromatic ring is 1. The van der Waals surface area contributed by atoms with Gasteiger partial charge in [-0.25, -0.2) is 0 Å². The predicted molar refractivity (Wildman–Crippen MR) is 51.2 cm³/mol. The molecule has 1 atom stereocenters. The first-order valence-corrected chi connectivity index (χ1v) is 4.12. The van der Waals surface area contributed by atoms with Crippen LogP contribution in [0.1, 0.15) is 5.56 Å². The molecule has 1 aromatic carbocycles. The van der Waals surface area contributed by atoms with E-state index in [0.717, 1.165) is 5.56 Å². The van der Waals surface area contributed by atoms with E-state index in [2.05, 4.69) is 5.32 Å². The molecule has 13 heavy (non-hydrogen) atoms. The minimum atomic E-state index is -0.450. The van der Waals surface area contributed by atoms with Crippen LogP contribution in [0.3, 0.4) is 0 Å². The number of amides is 1. The summed E-state index contributed by atoms with van der Waals surface area (Å²) in [6, 6.07) is 5.09. The van der Waals surface area contributed by atoms with Crippen LogP contribution < -0.4 is 16.8 Å². The zero-order valence-electron chi connectivity index (χ0n) is 7.08.